The van der Waals surface area contributed by atoms with Gasteiger partial charge in [0.25, 0.3) is 0 Å². The van der Waals surface area contributed by atoms with Crippen molar-refractivity contribution in [1.82, 2.24) is 0 Å². The van der Waals surface area contributed by atoms with Crippen LogP contribution in [0, 0.1) is 0 Å². The summed E-state index contributed by atoms with van der Waals surface area (Å²) in [6.07, 6.45) is 2.26. The van der Waals surface area contributed by atoms with Crippen molar-refractivity contribution in [3.05, 3.63) is 29.3 Å². The molecule has 12 heavy (non-hydrogen) atoms. The molecule has 1 aromatic carbocycles. The van der Waals surface area contributed by atoms with Crippen LogP contribution in [0.1, 0.15) is 11.1 Å². The molecule has 1 aromatic rings. The Morgan fingerprint density at radius 1 is 1.42 bits per heavy atom. The summed E-state index contributed by atoms with van der Waals surface area (Å²) in [4.78, 5) is 1.47. The maximum absolute atomic E-state index is 5.55. The smallest absolute Gasteiger partial charge is 0.0107 e. The van der Waals surface area contributed by atoms with E-state index in [1.807, 2.05) is 11.8 Å². The maximum Gasteiger partial charge on any atom is 0.0107 e. The molecule has 0 radical (unpaired) electrons. The van der Waals surface area contributed by atoms with E-state index in [0.717, 1.165) is 13.0 Å². The highest BCUT2D eigenvalue weighted by atomic mass is 32.2. The van der Waals surface area contributed by atoms with Crippen LogP contribution in [-0.4, -0.2) is 12.3 Å². The number of rotatable bonds is 2. The van der Waals surface area contributed by atoms with Crippen molar-refractivity contribution in [3.8, 4) is 0 Å². The minimum Gasteiger partial charge on any atom is -0.330 e. The molecule has 1 heterocycles. The molecule has 2 N–H and O–H groups in total. The molecule has 0 unspecified atom stereocenters. The molecule has 1 aliphatic heterocycles. The predicted molar refractivity (Wildman–Crippen MR) is 53.6 cm³/mol. The predicted octanol–water partition coefficient (Wildman–Crippen LogP) is 1.84. The van der Waals surface area contributed by atoms with Crippen LogP contribution >= 0.6 is 11.8 Å². The van der Waals surface area contributed by atoms with Gasteiger partial charge >= 0.3 is 0 Å². The first-order chi connectivity index (χ1) is 5.92. The van der Waals surface area contributed by atoms with Crippen molar-refractivity contribution < 1.29 is 0 Å². The van der Waals surface area contributed by atoms with E-state index in [0.29, 0.717) is 0 Å². The Hall–Kier alpha value is -0.470. The number of fused-ring (bicyclic) bond motifs is 1. The Balaban J connectivity index is 2.36. The molecule has 1 nitrogen and oxygen atoms in total. The Labute approximate surface area is 77.3 Å². The normalized spacial score (nSPS) is 14.8. The molecule has 64 valence electrons. The lowest BCUT2D eigenvalue weighted by atomic mass is 10.0. The zero-order valence-electron chi connectivity index (χ0n) is 7.05. The molecule has 0 saturated carbocycles. The van der Waals surface area contributed by atoms with Crippen molar-refractivity contribution in [2.45, 2.75) is 17.7 Å². The van der Waals surface area contributed by atoms with Crippen LogP contribution in [0.2, 0.25) is 0 Å². The summed E-state index contributed by atoms with van der Waals surface area (Å²) in [5.41, 5.74) is 8.56. The first kappa shape index (κ1) is 8.14. The summed E-state index contributed by atoms with van der Waals surface area (Å²) >= 11 is 1.97. The fourth-order valence-electron chi connectivity index (χ4n) is 1.68. The van der Waals surface area contributed by atoms with Crippen molar-refractivity contribution >= 4 is 11.8 Å². The third-order valence-electron chi connectivity index (χ3n) is 2.25. The van der Waals surface area contributed by atoms with Crippen molar-refractivity contribution in [1.29, 1.82) is 0 Å². The molecule has 0 fully saturated rings. The molecule has 0 saturated heterocycles. The van der Waals surface area contributed by atoms with Gasteiger partial charge in [0.2, 0.25) is 0 Å². The molecule has 2 rings (SSSR count). The van der Waals surface area contributed by atoms with Gasteiger partial charge in [-0.25, -0.2) is 0 Å². The van der Waals surface area contributed by atoms with Crippen molar-refractivity contribution in [2.24, 2.45) is 5.73 Å². The molecular weight excluding hydrogens is 166 g/mol. The first-order valence-corrected chi connectivity index (χ1v) is 5.34. The lowest BCUT2D eigenvalue weighted by Gasteiger charge is -2.05. The maximum atomic E-state index is 5.55. The third-order valence-corrected chi connectivity index (χ3v) is 3.36. The van der Waals surface area contributed by atoms with Gasteiger partial charge in [0, 0.05) is 10.6 Å². The second-order valence-electron chi connectivity index (χ2n) is 3.03. The highest BCUT2D eigenvalue weighted by Gasteiger charge is 2.13. The largest absolute Gasteiger partial charge is 0.330 e. The Morgan fingerprint density at radius 2 is 2.33 bits per heavy atom. The molecule has 0 bridgehead atoms. The van der Waals surface area contributed by atoms with E-state index in [2.05, 4.69) is 18.2 Å². The molecule has 0 amide bonds. The summed E-state index contributed by atoms with van der Waals surface area (Å²) in [6.45, 7) is 0.765. The zero-order chi connectivity index (χ0) is 8.39. The van der Waals surface area contributed by atoms with Gasteiger partial charge in [-0.1, -0.05) is 12.1 Å². The van der Waals surface area contributed by atoms with E-state index in [4.69, 9.17) is 5.73 Å². The van der Waals surface area contributed by atoms with E-state index < -0.39 is 0 Å². The summed E-state index contributed by atoms with van der Waals surface area (Å²) in [5, 5.41) is 0. The van der Waals surface area contributed by atoms with Gasteiger partial charge in [-0.2, -0.15) is 0 Å². The van der Waals surface area contributed by atoms with Crippen LogP contribution in [0.5, 0.6) is 0 Å². The van der Waals surface area contributed by atoms with Gasteiger partial charge in [0.05, 0.1) is 0 Å². The van der Waals surface area contributed by atoms with Crippen molar-refractivity contribution in [3.63, 3.8) is 0 Å². The minimum atomic E-state index is 0.765. The second kappa shape index (κ2) is 3.50. The lowest BCUT2D eigenvalue weighted by molar-refractivity contribution is 0.935. The van der Waals surface area contributed by atoms with Gasteiger partial charge in [-0.05, 0) is 36.6 Å². The monoisotopic (exact) mass is 179 g/mol. The molecule has 0 aliphatic carbocycles. The molecular formula is C10H13NS. The van der Waals surface area contributed by atoms with Gasteiger partial charge in [-0.15, -0.1) is 11.8 Å². The van der Waals surface area contributed by atoms with Crippen molar-refractivity contribution in [2.75, 3.05) is 12.3 Å². The summed E-state index contributed by atoms with van der Waals surface area (Å²) in [5.74, 6) is 1.25. The van der Waals surface area contributed by atoms with E-state index in [1.165, 1.54) is 22.6 Å². The van der Waals surface area contributed by atoms with E-state index in [9.17, 15) is 0 Å². The fraction of sp³-hybridized carbons (Fsp3) is 0.400. The fourth-order valence-corrected chi connectivity index (χ4v) is 2.79. The highest BCUT2D eigenvalue weighted by Crippen LogP contribution is 2.33. The van der Waals surface area contributed by atoms with E-state index in [-0.39, 0.29) is 0 Å². The van der Waals surface area contributed by atoms with Crippen LogP contribution in [0.25, 0.3) is 0 Å². The molecule has 0 atom stereocenters. The zero-order valence-corrected chi connectivity index (χ0v) is 7.86. The Kier molecular flexibility index (Phi) is 2.38. The lowest BCUT2D eigenvalue weighted by Crippen LogP contribution is -2.04. The van der Waals surface area contributed by atoms with Crippen LogP contribution in [0.3, 0.4) is 0 Å². The van der Waals surface area contributed by atoms with Crippen LogP contribution in [0.15, 0.2) is 23.1 Å². The van der Waals surface area contributed by atoms with Gasteiger partial charge in [0.1, 0.15) is 0 Å². The Morgan fingerprint density at radius 3 is 3.17 bits per heavy atom. The SMILES string of the molecule is NCCc1cccc2c1CCS2. The third kappa shape index (κ3) is 1.37. The number of hydrogen-bond acceptors (Lipinski definition) is 2. The van der Waals surface area contributed by atoms with Crippen LogP contribution < -0.4 is 5.73 Å². The van der Waals surface area contributed by atoms with Crippen LogP contribution in [-0.2, 0) is 12.8 Å². The average Bonchev–Trinajstić information content (AvgIpc) is 2.53. The topological polar surface area (TPSA) is 26.0 Å². The molecule has 0 spiro atoms. The second-order valence-corrected chi connectivity index (χ2v) is 4.17. The molecule has 2 heteroatoms. The van der Waals surface area contributed by atoms with Gasteiger partial charge in [0.15, 0.2) is 0 Å². The molecule has 1 aliphatic rings. The van der Waals surface area contributed by atoms with Crippen LogP contribution in [0.4, 0.5) is 0 Å². The quantitative estimate of drug-likeness (QED) is 0.749. The summed E-state index contributed by atoms with van der Waals surface area (Å²) in [6, 6.07) is 6.56. The standard InChI is InChI=1S/C10H13NS/c11-6-4-8-2-1-3-10-9(8)5-7-12-10/h1-3H,4-7,11H2. The first-order valence-electron chi connectivity index (χ1n) is 4.35. The summed E-state index contributed by atoms with van der Waals surface area (Å²) < 4.78 is 0. The van der Waals surface area contributed by atoms with Gasteiger partial charge < -0.3 is 5.73 Å². The number of hydrogen-bond donors (Lipinski definition) is 1. The average molecular weight is 179 g/mol. The minimum absolute atomic E-state index is 0.765. The number of benzene rings is 1. The van der Waals surface area contributed by atoms with E-state index in [1.54, 1.807) is 5.56 Å². The highest BCUT2D eigenvalue weighted by molar-refractivity contribution is 7.99. The van der Waals surface area contributed by atoms with Gasteiger partial charge in [-0.3, -0.25) is 0 Å². The summed E-state index contributed by atoms with van der Waals surface area (Å²) in [7, 11) is 0. The van der Waals surface area contributed by atoms with E-state index >= 15 is 0 Å². The number of nitrogens with two attached hydrogens (primary N) is 1. The Bertz CT molecular complexity index is 283. The molecule has 0 aromatic heterocycles. The number of thioether (sulfide) groups is 1.